The van der Waals surface area contributed by atoms with Crippen molar-refractivity contribution in [2.75, 3.05) is 73.9 Å². The SMILES string of the molecule is CN=C(NCC(=O)NCCOC)N1CCC(COCCOC)C1.I. The molecular formula is C15H31IN4O4. The summed E-state index contributed by atoms with van der Waals surface area (Å²) in [5, 5.41) is 5.87. The van der Waals surface area contributed by atoms with E-state index < -0.39 is 0 Å². The third-order valence-corrected chi connectivity index (χ3v) is 3.62. The van der Waals surface area contributed by atoms with Crippen molar-refractivity contribution in [1.82, 2.24) is 15.5 Å². The number of methoxy groups -OCH3 is 2. The van der Waals surface area contributed by atoms with Crippen LogP contribution in [0, 0.1) is 5.92 Å². The van der Waals surface area contributed by atoms with E-state index in [1.54, 1.807) is 21.3 Å². The molecule has 1 aliphatic rings. The number of guanidine groups is 1. The second kappa shape index (κ2) is 14.7. The average molecular weight is 458 g/mol. The number of nitrogens with one attached hydrogen (secondary N) is 2. The minimum absolute atomic E-state index is 0. The molecule has 0 bridgehead atoms. The fraction of sp³-hybridized carbons (Fsp3) is 0.867. The number of nitrogens with zero attached hydrogens (tertiary/aromatic N) is 2. The summed E-state index contributed by atoms with van der Waals surface area (Å²) in [4.78, 5) is 18.1. The zero-order chi connectivity index (χ0) is 16.9. The summed E-state index contributed by atoms with van der Waals surface area (Å²) >= 11 is 0. The van der Waals surface area contributed by atoms with E-state index in [2.05, 4.69) is 20.5 Å². The summed E-state index contributed by atoms with van der Waals surface area (Å²) < 4.78 is 15.4. The Morgan fingerprint density at radius 3 is 2.62 bits per heavy atom. The lowest BCUT2D eigenvalue weighted by atomic mass is 10.1. The molecule has 0 saturated carbocycles. The average Bonchev–Trinajstić information content (AvgIpc) is 3.01. The van der Waals surface area contributed by atoms with Crippen molar-refractivity contribution in [3.05, 3.63) is 0 Å². The lowest BCUT2D eigenvalue weighted by Crippen LogP contribution is -2.45. The van der Waals surface area contributed by atoms with Crippen LogP contribution in [0.15, 0.2) is 4.99 Å². The fourth-order valence-electron chi connectivity index (χ4n) is 2.40. The van der Waals surface area contributed by atoms with E-state index in [9.17, 15) is 4.79 Å². The Morgan fingerprint density at radius 2 is 1.96 bits per heavy atom. The van der Waals surface area contributed by atoms with Crippen LogP contribution in [0.1, 0.15) is 6.42 Å². The van der Waals surface area contributed by atoms with Crippen LogP contribution in [0.5, 0.6) is 0 Å². The number of ether oxygens (including phenoxy) is 3. The minimum atomic E-state index is -0.0677. The number of carbonyl (C=O) groups excluding carboxylic acids is 1. The minimum Gasteiger partial charge on any atom is -0.383 e. The Kier molecular flexibility index (Phi) is 14.3. The third-order valence-electron chi connectivity index (χ3n) is 3.62. The Hall–Kier alpha value is -0.650. The molecule has 1 unspecified atom stereocenters. The number of hydrogen-bond donors (Lipinski definition) is 2. The van der Waals surface area contributed by atoms with Crippen LogP contribution < -0.4 is 10.6 Å². The predicted octanol–water partition coefficient (Wildman–Crippen LogP) is -0.0727. The van der Waals surface area contributed by atoms with Gasteiger partial charge in [0, 0.05) is 46.8 Å². The van der Waals surface area contributed by atoms with Gasteiger partial charge in [-0.15, -0.1) is 24.0 Å². The first-order valence-corrected chi connectivity index (χ1v) is 7.99. The summed E-state index contributed by atoms with van der Waals surface area (Å²) in [6.07, 6.45) is 1.06. The first kappa shape index (κ1) is 23.4. The molecule has 8 nitrogen and oxygen atoms in total. The van der Waals surface area contributed by atoms with Gasteiger partial charge in [-0.25, -0.2) is 0 Å². The number of aliphatic imine (C=N–C) groups is 1. The number of amides is 1. The molecule has 1 fully saturated rings. The molecule has 0 aliphatic carbocycles. The summed E-state index contributed by atoms with van der Waals surface area (Å²) in [5.41, 5.74) is 0. The van der Waals surface area contributed by atoms with Crippen molar-refractivity contribution in [3.63, 3.8) is 0 Å². The van der Waals surface area contributed by atoms with Gasteiger partial charge in [0.2, 0.25) is 5.91 Å². The van der Waals surface area contributed by atoms with Crippen molar-refractivity contribution in [2.45, 2.75) is 6.42 Å². The number of hydrogen-bond acceptors (Lipinski definition) is 5. The second-order valence-corrected chi connectivity index (χ2v) is 5.41. The molecule has 142 valence electrons. The molecule has 0 aromatic heterocycles. The lowest BCUT2D eigenvalue weighted by Gasteiger charge is -2.21. The molecule has 1 rings (SSSR count). The summed E-state index contributed by atoms with van der Waals surface area (Å²) in [6, 6.07) is 0. The largest absolute Gasteiger partial charge is 0.383 e. The van der Waals surface area contributed by atoms with Gasteiger partial charge in [-0.3, -0.25) is 9.79 Å². The molecule has 1 saturated heterocycles. The predicted molar refractivity (Wildman–Crippen MR) is 104 cm³/mol. The zero-order valence-electron chi connectivity index (χ0n) is 14.9. The van der Waals surface area contributed by atoms with E-state index in [0.29, 0.717) is 32.3 Å². The smallest absolute Gasteiger partial charge is 0.239 e. The number of halogens is 1. The van der Waals surface area contributed by atoms with E-state index in [1.807, 2.05) is 0 Å². The van der Waals surface area contributed by atoms with Gasteiger partial charge >= 0.3 is 0 Å². The number of rotatable bonds is 10. The van der Waals surface area contributed by atoms with Crippen LogP contribution >= 0.6 is 24.0 Å². The van der Waals surface area contributed by atoms with Gasteiger partial charge in [0.05, 0.1) is 33.0 Å². The molecule has 1 heterocycles. The number of likely N-dealkylation sites (tertiary alicyclic amines) is 1. The van der Waals surface area contributed by atoms with Crippen molar-refractivity contribution in [3.8, 4) is 0 Å². The van der Waals surface area contributed by atoms with Crippen LogP contribution in [0.2, 0.25) is 0 Å². The van der Waals surface area contributed by atoms with Crippen molar-refractivity contribution < 1.29 is 19.0 Å². The normalized spacial score (nSPS) is 17.5. The number of carbonyl (C=O) groups is 1. The highest BCUT2D eigenvalue weighted by Gasteiger charge is 2.25. The Bertz CT molecular complexity index is 371. The Morgan fingerprint density at radius 1 is 1.21 bits per heavy atom. The molecule has 0 spiro atoms. The molecule has 0 radical (unpaired) electrons. The standard InChI is InChI=1S/C15H30N4O4.HI/c1-16-15(18-10-14(20)17-5-7-21-2)19-6-4-13(11-19)12-23-9-8-22-3;/h13H,4-12H2,1-3H3,(H,16,18)(H,17,20);1H. The molecule has 1 atom stereocenters. The molecule has 1 amide bonds. The van der Waals surface area contributed by atoms with Crippen LogP contribution in [-0.4, -0.2) is 90.6 Å². The zero-order valence-corrected chi connectivity index (χ0v) is 17.2. The van der Waals surface area contributed by atoms with Gasteiger partial charge in [-0.1, -0.05) is 0 Å². The molecule has 9 heteroatoms. The third kappa shape index (κ3) is 9.60. The van der Waals surface area contributed by atoms with Gasteiger partial charge in [-0.05, 0) is 6.42 Å². The molecule has 0 aromatic rings. The summed E-state index contributed by atoms with van der Waals surface area (Å²) in [7, 11) is 5.00. The summed E-state index contributed by atoms with van der Waals surface area (Å²) in [6.45, 7) is 5.02. The van der Waals surface area contributed by atoms with Crippen LogP contribution in [0.4, 0.5) is 0 Å². The van der Waals surface area contributed by atoms with Crippen LogP contribution in [0.3, 0.4) is 0 Å². The van der Waals surface area contributed by atoms with Gasteiger partial charge < -0.3 is 29.7 Å². The van der Waals surface area contributed by atoms with E-state index in [0.717, 1.165) is 32.1 Å². The summed E-state index contributed by atoms with van der Waals surface area (Å²) in [5.74, 6) is 1.18. The first-order chi connectivity index (χ1) is 11.2. The maximum absolute atomic E-state index is 11.7. The van der Waals surface area contributed by atoms with E-state index in [4.69, 9.17) is 14.2 Å². The quantitative estimate of drug-likeness (QED) is 0.206. The van der Waals surface area contributed by atoms with Crippen LogP contribution in [-0.2, 0) is 19.0 Å². The van der Waals surface area contributed by atoms with Crippen molar-refractivity contribution >= 4 is 35.8 Å². The monoisotopic (exact) mass is 458 g/mol. The molecule has 0 aromatic carbocycles. The Balaban J connectivity index is 0.00000529. The van der Waals surface area contributed by atoms with E-state index >= 15 is 0 Å². The highest BCUT2D eigenvalue weighted by Crippen LogP contribution is 2.16. The maximum atomic E-state index is 11.7. The highest BCUT2D eigenvalue weighted by molar-refractivity contribution is 14.0. The molecule has 24 heavy (non-hydrogen) atoms. The van der Waals surface area contributed by atoms with Crippen molar-refractivity contribution in [1.29, 1.82) is 0 Å². The Labute approximate surface area is 161 Å². The first-order valence-electron chi connectivity index (χ1n) is 7.99. The van der Waals surface area contributed by atoms with Gasteiger partial charge in [0.1, 0.15) is 0 Å². The van der Waals surface area contributed by atoms with E-state index in [1.165, 1.54) is 0 Å². The molecular weight excluding hydrogens is 427 g/mol. The van der Waals surface area contributed by atoms with E-state index in [-0.39, 0.29) is 36.4 Å². The highest BCUT2D eigenvalue weighted by atomic mass is 127. The fourth-order valence-corrected chi connectivity index (χ4v) is 2.40. The lowest BCUT2D eigenvalue weighted by molar-refractivity contribution is -0.120. The second-order valence-electron chi connectivity index (χ2n) is 5.41. The van der Waals surface area contributed by atoms with Gasteiger partial charge in [0.15, 0.2) is 5.96 Å². The van der Waals surface area contributed by atoms with Crippen LogP contribution in [0.25, 0.3) is 0 Å². The van der Waals surface area contributed by atoms with Gasteiger partial charge in [0.25, 0.3) is 0 Å². The molecule has 1 aliphatic heterocycles. The molecule has 2 N–H and O–H groups in total. The van der Waals surface area contributed by atoms with Crippen molar-refractivity contribution in [2.24, 2.45) is 10.9 Å². The van der Waals surface area contributed by atoms with Gasteiger partial charge in [-0.2, -0.15) is 0 Å². The maximum Gasteiger partial charge on any atom is 0.239 e. The topological polar surface area (TPSA) is 84.4 Å².